The summed E-state index contributed by atoms with van der Waals surface area (Å²) in [5, 5.41) is 7.36. The predicted molar refractivity (Wildman–Crippen MR) is 170 cm³/mol. The van der Waals surface area contributed by atoms with Crippen molar-refractivity contribution in [2.45, 2.75) is 6.92 Å². The van der Waals surface area contributed by atoms with E-state index >= 15 is 0 Å². The fraction of sp³-hybridized carbons (Fsp3) is 0.0256. The van der Waals surface area contributed by atoms with Gasteiger partial charge in [0.05, 0.1) is 0 Å². The molecule has 40 heavy (non-hydrogen) atoms. The smallest absolute Gasteiger partial charge is 0.135 e. The van der Waals surface area contributed by atoms with Crippen LogP contribution in [0, 0.1) is 6.92 Å². The Kier molecular flexibility index (Phi) is 5.11. The van der Waals surface area contributed by atoms with E-state index in [2.05, 4.69) is 134 Å². The van der Waals surface area contributed by atoms with Gasteiger partial charge in [0.15, 0.2) is 0 Å². The zero-order valence-corrected chi connectivity index (χ0v) is 22.2. The maximum atomic E-state index is 6.16. The van der Waals surface area contributed by atoms with Crippen molar-refractivity contribution in [2.24, 2.45) is 0 Å². The molecule has 8 aromatic rings. The Hall–Kier alpha value is -5.14. The van der Waals surface area contributed by atoms with Gasteiger partial charge in [0, 0.05) is 10.8 Å². The molecular formula is C39H26O. The molecule has 0 aliphatic heterocycles. The molecule has 0 unspecified atom stereocenters. The molecule has 7 aromatic carbocycles. The quantitative estimate of drug-likeness (QED) is 0.215. The Morgan fingerprint density at radius 1 is 0.350 bits per heavy atom. The fourth-order valence-electron chi connectivity index (χ4n) is 6.26. The number of rotatable bonds is 3. The second kappa shape index (κ2) is 8.97. The maximum Gasteiger partial charge on any atom is 0.135 e. The molecule has 0 fully saturated rings. The number of hydrogen-bond donors (Lipinski definition) is 0. The number of fused-ring (bicyclic) bond motifs is 5. The van der Waals surface area contributed by atoms with Crippen molar-refractivity contribution in [3.05, 3.63) is 145 Å². The number of hydrogen-bond acceptors (Lipinski definition) is 1. The van der Waals surface area contributed by atoms with E-state index in [1.807, 2.05) is 12.1 Å². The molecule has 0 bridgehead atoms. The zero-order chi connectivity index (χ0) is 26.6. The van der Waals surface area contributed by atoms with Crippen molar-refractivity contribution in [2.75, 3.05) is 0 Å². The van der Waals surface area contributed by atoms with Crippen LogP contribution >= 0.6 is 0 Å². The van der Waals surface area contributed by atoms with E-state index in [1.54, 1.807) is 0 Å². The average Bonchev–Trinajstić information content (AvgIpc) is 3.38. The van der Waals surface area contributed by atoms with Gasteiger partial charge in [-0.3, -0.25) is 0 Å². The highest BCUT2D eigenvalue weighted by molar-refractivity contribution is 6.22. The summed E-state index contributed by atoms with van der Waals surface area (Å²) >= 11 is 0. The van der Waals surface area contributed by atoms with Crippen molar-refractivity contribution in [1.82, 2.24) is 0 Å². The van der Waals surface area contributed by atoms with E-state index in [1.165, 1.54) is 60.5 Å². The number of benzene rings is 7. The van der Waals surface area contributed by atoms with Crippen LogP contribution in [-0.2, 0) is 0 Å². The summed E-state index contributed by atoms with van der Waals surface area (Å²) in [4.78, 5) is 0. The monoisotopic (exact) mass is 510 g/mol. The Morgan fingerprint density at radius 3 is 1.68 bits per heavy atom. The second-order valence-electron chi connectivity index (χ2n) is 10.6. The SMILES string of the molecule is Cc1ccc2c(-c3ccc(-c4ccccc4)cc3)c3ccccc3c(-c3ccc4oc5ccccc5c4c3)c2c1. The van der Waals surface area contributed by atoms with E-state index in [0.717, 1.165) is 21.9 Å². The largest absolute Gasteiger partial charge is 0.456 e. The molecule has 0 aliphatic rings. The van der Waals surface area contributed by atoms with E-state index in [9.17, 15) is 0 Å². The van der Waals surface area contributed by atoms with Gasteiger partial charge in [-0.25, -0.2) is 0 Å². The van der Waals surface area contributed by atoms with Crippen molar-refractivity contribution >= 4 is 43.5 Å². The van der Waals surface area contributed by atoms with Crippen LogP contribution in [0.1, 0.15) is 5.56 Å². The Bertz CT molecular complexity index is 2200. The van der Waals surface area contributed by atoms with Crippen LogP contribution in [-0.4, -0.2) is 0 Å². The molecule has 0 N–H and O–H groups in total. The zero-order valence-electron chi connectivity index (χ0n) is 22.2. The van der Waals surface area contributed by atoms with E-state index in [0.29, 0.717) is 0 Å². The molecule has 0 saturated carbocycles. The first-order valence-corrected chi connectivity index (χ1v) is 13.8. The van der Waals surface area contributed by atoms with Crippen LogP contribution in [0.3, 0.4) is 0 Å². The summed E-state index contributed by atoms with van der Waals surface area (Å²) in [5.74, 6) is 0. The molecule has 0 saturated heterocycles. The van der Waals surface area contributed by atoms with Crippen LogP contribution in [0.4, 0.5) is 0 Å². The van der Waals surface area contributed by atoms with Gasteiger partial charge < -0.3 is 4.42 Å². The van der Waals surface area contributed by atoms with Gasteiger partial charge in [0.2, 0.25) is 0 Å². The summed E-state index contributed by atoms with van der Waals surface area (Å²) in [6.45, 7) is 2.18. The summed E-state index contributed by atoms with van der Waals surface area (Å²) in [6.07, 6.45) is 0. The average molecular weight is 511 g/mol. The first kappa shape index (κ1) is 22.8. The standard InChI is InChI=1S/C39H26O/c1-25-15-21-33-35(23-25)39(29-20-22-37-34(24-29)30-11-7-8-14-36(30)40-37)32-13-6-5-12-31(32)38(33)28-18-16-27(17-19-28)26-9-3-2-4-10-26/h2-24H,1H3. The minimum atomic E-state index is 0.921. The Morgan fingerprint density at radius 2 is 0.900 bits per heavy atom. The highest BCUT2D eigenvalue weighted by atomic mass is 16.3. The van der Waals surface area contributed by atoms with Gasteiger partial charge in [-0.15, -0.1) is 0 Å². The van der Waals surface area contributed by atoms with Crippen LogP contribution in [0.25, 0.3) is 76.9 Å². The highest BCUT2D eigenvalue weighted by Gasteiger charge is 2.18. The second-order valence-corrected chi connectivity index (χ2v) is 10.6. The van der Waals surface area contributed by atoms with Crippen molar-refractivity contribution < 1.29 is 4.42 Å². The molecule has 0 amide bonds. The van der Waals surface area contributed by atoms with Gasteiger partial charge in [0.25, 0.3) is 0 Å². The van der Waals surface area contributed by atoms with Crippen molar-refractivity contribution in [3.8, 4) is 33.4 Å². The van der Waals surface area contributed by atoms with Gasteiger partial charge in [-0.2, -0.15) is 0 Å². The molecule has 0 atom stereocenters. The summed E-state index contributed by atoms with van der Waals surface area (Å²) in [5.41, 5.74) is 10.5. The maximum absolute atomic E-state index is 6.16. The first-order chi connectivity index (χ1) is 19.7. The normalized spacial score (nSPS) is 11.6. The van der Waals surface area contributed by atoms with Crippen LogP contribution in [0.2, 0.25) is 0 Å². The third-order valence-electron chi connectivity index (χ3n) is 8.13. The first-order valence-electron chi connectivity index (χ1n) is 13.8. The molecule has 1 heterocycles. The molecule has 8 rings (SSSR count). The van der Waals surface area contributed by atoms with Crippen LogP contribution in [0.15, 0.2) is 144 Å². The number of furan rings is 1. The highest BCUT2D eigenvalue weighted by Crippen LogP contribution is 2.45. The van der Waals surface area contributed by atoms with E-state index < -0.39 is 0 Å². The summed E-state index contributed by atoms with van der Waals surface area (Å²) in [6, 6.07) is 50.3. The molecule has 1 aromatic heterocycles. The lowest BCUT2D eigenvalue weighted by Gasteiger charge is -2.18. The fourth-order valence-corrected chi connectivity index (χ4v) is 6.26. The summed E-state index contributed by atoms with van der Waals surface area (Å²) in [7, 11) is 0. The lowest BCUT2D eigenvalue weighted by atomic mass is 9.85. The predicted octanol–water partition coefficient (Wildman–Crippen LogP) is 11.2. The van der Waals surface area contributed by atoms with Gasteiger partial charge in [-0.05, 0) is 80.0 Å². The Balaban J connectivity index is 1.42. The van der Waals surface area contributed by atoms with E-state index in [4.69, 9.17) is 4.42 Å². The molecule has 0 spiro atoms. The van der Waals surface area contributed by atoms with Crippen LogP contribution in [0.5, 0.6) is 0 Å². The topological polar surface area (TPSA) is 13.1 Å². The van der Waals surface area contributed by atoms with Crippen LogP contribution < -0.4 is 0 Å². The number of aryl methyl sites for hydroxylation is 1. The lowest BCUT2D eigenvalue weighted by molar-refractivity contribution is 0.669. The third-order valence-corrected chi connectivity index (χ3v) is 8.13. The molecule has 1 nitrogen and oxygen atoms in total. The summed E-state index contributed by atoms with van der Waals surface area (Å²) < 4.78 is 6.16. The van der Waals surface area contributed by atoms with E-state index in [-0.39, 0.29) is 0 Å². The third kappa shape index (κ3) is 3.56. The molecule has 188 valence electrons. The molecular weight excluding hydrogens is 484 g/mol. The van der Waals surface area contributed by atoms with Crippen molar-refractivity contribution in [3.63, 3.8) is 0 Å². The van der Waals surface area contributed by atoms with Gasteiger partial charge >= 0.3 is 0 Å². The number of para-hydroxylation sites is 1. The minimum absolute atomic E-state index is 0.921. The molecule has 0 aliphatic carbocycles. The molecule has 0 radical (unpaired) electrons. The van der Waals surface area contributed by atoms with Gasteiger partial charge in [0.1, 0.15) is 11.2 Å². The Labute approximate surface area is 232 Å². The minimum Gasteiger partial charge on any atom is -0.456 e. The molecule has 1 heteroatoms. The van der Waals surface area contributed by atoms with Crippen molar-refractivity contribution in [1.29, 1.82) is 0 Å². The van der Waals surface area contributed by atoms with Gasteiger partial charge in [-0.1, -0.05) is 127 Å². The lowest BCUT2D eigenvalue weighted by Crippen LogP contribution is -1.91.